The van der Waals surface area contributed by atoms with E-state index in [1.165, 1.54) is 20.8 Å². The van der Waals surface area contributed by atoms with Crippen LogP contribution in [0.1, 0.15) is 5.56 Å². The molecule has 2 aliphatic heterocycles. The molecule has 0 N–H and O–H groups in total. The number of hydrogen-bond donors (Lipinski definition) is 0. The van der Waals surface area contributed by atoms with Gasteiger partial charge in [-0.25, -0.2) is 0 Å². The van der Waals surface area contributed by atoms with Gasteiger partial charge in [0.25, 0.3) is 11.5 Å². The van der Waals surface area contributed by atoms with Gasteiger partial charge in [-0.15, -0.1) is 11.3 Å². The molecule has 2 aromatic rings. The number of carbonyl (C=O) groups is 2. The first-order valence-electron chi connectivity index (χ1n) is 9.02. The highest BCUT2D eigenvalue weighted by molar-refractivity contribution is 8.30. The third-order valence-electron chi connectivity index (χ3n) is 4.81. The zero-order chi connectivity index (χ0) is 21.4. The predicted octanol–water partition coefficient (Wildman–Crippen LogP) is 1.44. The summed E-state index contributed by atoms with van der Waals surface area (Å²) < 4.78 is 2.84. The molecule has 1 saturated heterocycles. The highest BCUT2D eigenvalue weighted by atomic mass is 32.2. The molecule has 1 aromatic heterocycles. The summed E-state index contributed by atoms with van der Waals surface area (Å²) in [5, 5.41) is 0. The van der Waals surface area contributed by atoms with Crippen LogP contribution in [0.4, 0.5) is 5.69 Å². The number of carbonyl (C=O) groups excluding carboxylic acids is 2. The molecule has 1 aromatic carbocycles. The number of thioether (sulfide) groups is 1. The molecule has 0 unspecified atom stereocenters. The molecule has 3 heterocycles. The molecule has 1 amide bonds. The van der Waals surface area contributed by atoms with Crippen molar-refractivity contribution in [2.75, 3.05) is 18.5 Å². The number of rotatable bonds is 3. The van der Waals surface area contributed by atoms with Crippen molar-refractivity contribution in [1.82, 2.24) is 9.47 Å². The molecular weight excluding hydrogens is 438 g/mol. The normalized spacial score (nSPS) is 19.8. The fraction of sp³-hybridized carbons (Fsp3) is 0.143. The lowest BCUT2D eigenvalue weighted by atomic mass is 10.00. The van der Waals surface area contributed by atoms with Gasteiger partial charge >= 0.3 is 0 Å². The van der Waals surface area contributed by atoms with E-state index in [1.807, 2.05) is 54.6 Å². The van der Waals surface area contributed by atoms with E-state index in [0.717, 1.165) is 28.6 Å². The summed E-state index contributed by atoms with van der Waals surface area (Å²) >= 11 is 7.56. The van der Waals surface area contributed by atoms with E-state index in [9.17, 15) is 14.4 Å². The minimum absolute atomic E-state index is 0.0846. The Balaban J connectivity index is 1.81. The van der Waals surface area contributed by atoms with Crippen LogP contribution in [0.15, 0.2) is 47.4 Å². The largest absolute Gasteiger partial charge is 0.351 e. The summed E-state index contributed by atoms with van der Waals surface area (Å²) in [6, 6.07) is 8.06. The van der Waals surface area contributed by atoms with Crippen LogP contribution in [0.3, 0.4) is 0 Å². The minimum atomic E-state index is -0.342. The summed E-state index contributed by atoms with van der Waals surface area (Å²) in [6.07, 6.45) is 8.31. The Bertz CT molecular complexity index is 1320. The monoisotopic (exact) mass is 455 g/mol. The number of amides is 1. The maximum Gasteiger partial charge on any atom is 0.269 e. The van der Waals surface area contributed by atoms with Crippen molar-refractivity contribution in [2.24, 2.45) is 7.05 Å². The van der Waals surface area contributed by atoms with Crippen molar-refractivity contribution < 1.29 is 9.59 Å². The van der Waals surface area contributed by atoms with Crippen molar-refractivity contribution in [1.29, 1.82) is 0 Å². The van der Waals surface area contributed by atoms with E-state index in [0.29, 0.717) is 24.7 Å². The Morgan fingerprint density at radius 2 is 1.90 bits per heavy atom. The third kappa shape index (κ3) is 3.49. The van der Waals surface area contributed by atoms with Crippen molar-refractivity contribution in [3.05, 3.63) is 67.7 Å². The summed E-state index contributed by atoms with van der Waals surface area (Å²) in [7, 11) is 3.62. The number of benzene rings is 1. The van der Waals surface area contributed by atoms with Crippen molar-refractivity contribution >= 4 is 74.1 Å². The van der Waals surface area contributed by atoms with Crippen LogP contribution in [0.25, 0.3) is 16.6 Å². The van der Waals surface area contributed by atoms with Crippen molar-refractivity contribution in [3.8, 4) is 0 Å². The average molecular weight is 456 g/mol. The Kier molecular flexibility index (Phi) is 5.59. The molecule has 6 nitrogen and oxygen atoms in total. The van der Waals surface area contributed by atoms with Gasteiger partial charge in [0, 0.05) is 31.5 Å². The Labute approximate surface area is 186 Å². The van der Waals surface area contributed by atoms with Crippen molar-refractivity contribution in [3.63, 3.8) is 0 Å². The van der Waals surface area contributed by atoms with E-state index in [-0.39, 0.29) is 18.0 Å². The molecular formula is C21H17N3O3S3. The Morgan fingerprint density at radius 1 is 1.13 bits per heavy atom. The molecule has 4 rings (SSSR count). The lowest BCUT2D eigenvalue weighted by molar-refractivity contribution is -0.123. The molecule has 152 valence electrons. The summed E-state index contributed by atoms with van der Waals surface area (Å²) in [5.41, 5.74) is 2.99. The maximum atomic E-state index is 12.8. The second-order valence-electron chi connectivity index (χ2n) is 6.65. The number of aromatic nitrogens is 1. The Morgan fingerprint density at radius 3 is 2.67 bits per heavy atom. The predicted molar refractivity (Wildman–Crippen MR) is 127 cm³/mol. The molecule has 0 radical (unpaired) electrons. The minimum Gasteiger partial charge on any atom is -0.351 e. The quantitative estimate of drug-likeness (QED) is 0.516. The molecule has 1 fully saturated rings. The zero-order valence-electron chi connectivity index (χ0n) is 16.2. The molecule has 0 atom stereocenters. The van der Waals surface area contributed by atoms with Gasteiger partial charge in [0.1, 0.15) is 20.2 Å². The van der Waals surface area contributed by atoms with Crippen LogP contribution in [-0.4, -0.2) is 39.6 Å². The van der Waals surface area contributed by atoms with E-state index in [2.05, 4.69) is 0 Å². The first kappa shape index (κ1) is 20.5. The number of hydrogen-bond acceptors (Lipinski definition) is 7. The van der Waals surface area contributed by atoms with E-state index in [4.69, 9.17) is 12.2 Å². The molecule has 2 aliphatic rings. The number of allylic oxidation sites excluding steroid dienone is 3. The maximum absolute atomic E-state index is 12.8. The smallest absolute Gasteiger partial charge is 0.269 e. The summed E-state index contributed by atoms with van der Waals surface area (Å²) in [4.78, 5) is 39.9. The second-order valence-corrected chi connectivity index (χ2v) is 9.32. The molecule has 0 aliphatic carbocycles. The van der Waals surface area contributed by atoms with Gasteiger partial charge in [0.05, 0.1) is 11.1 Å². The van der Waals surface area contributed by atoms with Crippen LogP contribution in [-0.2, 0) is 16.6 Å². The lowest BCUT2D eigenvalue weighted by Gasteiger charge is -2.23. The molecule has 0 bridgehead atoms. The fourth-order valence-corrected chi connectivity index (χ4v) is 5.72. The van der Waals surface area contributed by atoms with Crippen LogP contribution in [0, 0.1) is 0 Å². The van der Waals surface area contributed by atoms with E-state index in [1.54, 1.807) is 13.1 Å². The standard InChI is InChI=1S/C21H17N3O3S3/c1-22-10-9-13(14-5-3-4-6-15(14)22)7-8-16-18(26)23(2)20(29-16)17-19(27)24(11-12-25)21(28)30-17/h3-10,12H,11H2,1-2H3/b13-7-,16-8+,20-17-. The van der Waals surface area contributed by atoms with Crippen LogP contribution in [0.5, 0.6) is 0 Å². The van der Waals surface area contributed by atoms with Crippen LogP contribution < -0.4 is 19.7 Å². The topological polar surface area (TPSA) is 62.6 Å². The lowest BCUT2D eigenvalue weighted by Crippen LogP contribution is -2.32. The number of thiazole rings is 1. The summed E-state index contributed by atoms with van der Waals surface area (Å²) in [6.45, 7) is -0.0846. The molecule has 0 spiro atoms. The van der Waals surface area contributed by atoms with Gasteiger partial charge in [0.15, 0.2) is 0 Å². The number of fused-ring (bicyclic) bond motifs is 1. The fourth-order valence-electron chi connectivity index (χ4n) is 3.23. The number of nitrogens with zero attached hydrogens (tertiary/aromatic N) is 3. The highest BCUT2D eigenvalue weighted by Crippen LogP contribution is 2.32. The van der Waals surface area contributed by atoms with Gasteiger partial charge < -0.3 is 14.3 Å². The highest BCUT2D eigenvalue weighted by Gasteiger charge is 2.33. The van der Waals surface area contributed by atoms with Crippen molar-refractivity contribution in [2.45, 2.75) is 0 Å². The number of anilines is 1. The van der Waals surface area contributed by atoms with E-state index < -0.39 is 0 Å². The Hall–Kier alpha value is -2.75. The third-order valence-corrected chi connectivity index (χ3v) is 7.58. The van der Waals surface area contributed by atoms with Gasteiger partial charge in [-0.05, 0) is 23.8 Å². The van der Waals surface area contributed by atoms with Gasteiger partial charge in [-0.1, -0.05) is 48.3 Å². The number of aldehydes is 1. The second kappa shape index (κ2) is 8.17. The van der Waals surface area contributed by atoms with Crippen LogP contribution >= 0.6 is 35.3 Å². The zero-order valence-corrected chi connectivity index (χ0v) is 18.6. The molecule has 0 saturated carbocycles. The van der Waals surface area contributed by atoms with Gasteiger partial charge in [0.2, 0.25) is 0 Å². The first-order chi connectivity index (χ1) is 14.4. The molecule has 30 heavy (non-hydrogen) atoms. The first-order valence-corrected chi connectivity index (χ1v) is 11.1. The number of thiocarbonyl (C=S) groups is 1. The van der Waals surface area contributed by atoms with Crippen LogP contribution in [0.2, 0.25) is 0 Å². The average Bonchev–Trinajstić information content (AvgIpc) is 3.18. The number of para-hydroxylation sites is 1. The van der Waals surface area contributed by atoms with Gasteiger partial charge in [-0.3, -0.25) is 14.5 Å². The molecule has 9 heteroatoms. The van der Waals surface area contributed by atoms with E-state index >= 15 is 0 Å². The summed E-state index contributed by atoms with van der Waals surface area (Å²) in [5.74, 6) is -0.342. The van der Waals surface area contributed by atoms with Gasteiger partial charge in [-0.2, -0.15) is 0 Å². The SMILES string of the molecule is CN1C=C/C(=C/C=c2/s/c(=C3\SC(=S)N(CC=O)C3=O)n(C)c2=O)c2ccccc21.